The molecule has 0 bridgehead atoms. The van der Waals surface area contributed by atoms with Gasteiger partial charge in [-0.15, -0.1) is 0 Å². The number of rotatable bonds is 10. The van der Waals surface area contributed by atoms with Gasteiger partial charge in [-0.3, -0.25) is 9.59 Å². The summed E-state index contributed by atoms with van der Waals surface area (Å²) >= 11 is 0. The summed E-state index contributed by atoms with van der Waals surface area (Å²) in [5.74, 6) is 2.02. The van der Waals surface area contributed by atoms with E-state index in [2.05, 4.69) is 0 Å². The molecular weight excluding hydrogens is 408 g/mol. The van der Waals surface area contributed by atoms with E-state index in [1.807, 2.05) is 12.1 Å². The average molecular weight is 437 g/mol. The number of methoxy groups -OCH3 is 4. The molecule has 6 heteroatoms. The summed E-state index contributed by atoms with van der Waals surface area (Å²) in [7, 11) is 6.25. The quantitative estimate of drug-likeness (QED) is 0.395. The molecule has 1 saturated carbocycles. The highest BCUT2D eigenvalue weighted by atomic mass is 16.5. The van der Waals surface area contributed by atoms with Crippen LogP contribution in [0.3, 0.4) is 0 Å². The maximum Gasteiger partial charge on any atom is 0.169 e. The normalized spacial score (nSPS) is 14.8. The standard InChI is InChI=1S/C26H28O6/c1-29-20-10-6-18(16-22(20)31-3)8-12-24(27)26(14-5-15-26)25(28)13-9-19-7-11-21(30-2)23(17-19)32-4/h6-13,16-17H,5,14-15H2,1-4H3/b12-8+,13-9+. The fourth-order valence-corrected chi connectivity index (χ4v) is 3.72. The molecule has 2 aromatic carbocycles. The van der Waals surface area contributed by atoms with Crippen LogP contribution in [0.1, 0.15) is 30.4 Å². The van der Waals surface area contributed by atoms with E-state index in [0.29, 0.717) is 35.8 Å². The topological polar surface area (TPSA) is 71.1 Å². The SMILES string of the molecule is COc1ccc(/C=C/C(=O)C2(C(=O)/C=C/c3ccc(OC)c(OC)c3)CCC2)cc1OC. The number of ketones is 2. The second kappa shape index (κ2) is 10.2. The van der Waals surface area contributed by atoms with Gasteiger partial charge < -0.3 is 18.9 Å². The Morgan fingerprint density at radius 1 is 0.688 bits per heavy atom. The molecule has 0 amide bonds. The van der Waals surface area contributed by atoms with Crippen LogP contribution in [0.5, 0.6) is 23.0 Å². The summed E-state index contributed by atoms with van der Waals surface area (Å²) in [6.45, 7) is 0. The van der Waals surface area contributed by atoms with E-state index in [-0.39, 0.29) is 11.6 Å². The van der Waals surface area contributed by atoms with Crippen molar-refractivity contribution in [3.63, 3.8) is 0 Å². The molecule has 0 saturated heterocycles. The van der Waals surface area contributed by atoms with Crippen LogP contribution in [-0.4, -0.2) is 40.0 Å². The Balaban J connectivity index is 1.76. The van der Waals surface area contributed by atoms with Crippen LogP contribution in [0.2, 0.25) is 0 Å². The van der Waals surface area contributed by atoms with Crippen LogP contribution in [0.15, 0.2) is 48.6 Å². The molecule has 1 aliphatic rings. The van der Waals surface area contributed by atoms with Crippen molar-refractivity contribution in [2.24, 2.45) is 5.41 Å². The summed E-state index contributed by atoms with van der Waals surface area (Å²) in [6.07, 6.45) is 8.34. The first-order valence-electron chi connectivity index (χ1n) is 10.4. The first kappa shape index (κ1) is 23.1. The van der Waals surface area contributed by atoms with Crippen LogP contribution in [-0.2, 0) is 9.59 Å². The molecule has 1 aliphatic carbocycles. The van der Waals surface area contributed by atoms with Gasteiger partial charge in [0.15, 0.2) is 34.6 Å². The molecule has 0 N–H and O–H groups in total. The Hall–Kier alpha value is -3.54. The van der Waals surface area contributed by atoms with Gasteiger partial charge in [0.25, 0.3) is 0 Å². The number of ether oxygens (including phenoxy) is 4. The van der Waals surface area contributed by atoms with Gasteiger partial charge in [0.1, 0.15) is 0 Å². The molecule has 3 rings (SSSR count). The molecular formula is C26H28O6. The minimum Gasteiger partial charge on any atom is -0.493 e. The molecule has 0 spiro atoms. The summed E-state index contributed by atoms with van der Waals surface area (Å²) in [5.41, 5.74) is 0.595. The molecule has 0 atom stereocenters. The zero-order valence-electron chi connectivity index (χ0n) is 18.8. The summed E-state index contributed by atoms with van der Waals surface area (Å²) < 4.78 is 21.1. The summed E-state index contributed by atoms with van der Waals surface area (Å²) in [5, 5.41) is 0. The lowest BCUT2D eigenvalue weighted by Crippen LogP contribution is -2.43. The molecule has 1 fully saturated rings. The highest BCUT2D eigenvalue weighted by Gasteiger charge is 2.47. The Morgan fingerprint density at radius 3 is 1.41 bits per heavy atom. The maximum absolute atomic E-state index is 13.0. The van der Waals surface area contributed by atoms with Crippen LogP contribution in [0.4, 0.5) is 0 Å². The van der Waals surface area contributed by atoms with Gasteiger partial charge in [0.05, 0.1) is 33.9 Å². The van der Waals surface area contributed by atoms with Crippen LogP contribution < -0.4 is 18.9 Å². The smallest absolute Gasteiger partial charge is 0.169 e. The largest absolute Gasteiger partial charge is 0.493 e. The van der Waals surface area contributed by atoms with Gasteiger partial charge in [-0.2, -0.15) is 0 Å². The number of carbonyl (C=O) groups excluding carboxylic acids is 2. The minimum atomic E-state index is -0.986. The second-order valence-corrected chi connectivity index (χ2v) is 7.56. The molecule has 168 valence electrons. The predicted octanol–water partition coefficient (Wildman–Crippen LogP) is 4.76. The Kier molecular flexibility index (Phi) is 7.36. The lowest BCUT2D eigenvalue weighted by molar-refractivity contribution is -0.140. The van der Waals surface area contributed by atoms with Gasteiger partial charge in [0, 0.05) is 0 Å². The molecule has 0 aromatic heterocycles. The molecule has 6 nitrogen and oxygen atoms in total. The fraction of sp³-hybridized carbons (Fsp3) is 0.308. The zero-order chi connectivity index (χ0) is 23.1. The Bertz CT molecular complexity index is 967. The van der Waals surface area contributed by atoms with Gasteiger partial charge in [0.2, 0.25) is 0 Å². The fourth-order valence-electron chi connectivity index (χ4n) is 3.72. The number of allylic oxidation sites excluding steroid dienone is 2. The van der Waals surface area contributed by atoms with E-state index in [9.17, 15) is 9.59 Å². The summed E-state index contributed by atoms with van der Waals surface area (Å²) in [4.78, 5) is 26.0. The van der Waals surface area contributed by atoms with Crippen molar-refractivity contribution in [1.29, 1.82) is 0 Å². The van der Waals surface area contributed by atoms with Crippen molar-refractivity contribution in [3.05, 3.63) is 59.7 Å². The molecule has 0 aliphatic heterocycles. The van der Waals surface area contributed by atoms with Gasteiger partial charge in [-0.05, 0) is 60.4 Å². The Morgan fingerprint density at radius 2 is 1.09 bits per heavy atom. The zero-order valence-corrected chi connectivity index (χ0v) is 18.8. The van der Waals surface area contributed by atoms with E-state index < -0.39 is 5.41 Å². The van der Waals surface area contributed by atoms with Crippen molar-refractivity contribution >= 4 is 23.7 Å². The number of benzene rings is 2. The third-order valence-electron chi connectivity index (χ3n) is 5.82. The van der Waals surface area contributed by atoms with E-state index >= 15 is 0 Å². The van der Waals surface area contributed by atoms with E-state index in [1.165, 1.54) is 12.2 Å². The maximum atomic E-state index is 13.0. The van der Waals surface area contributed by atoms with Crippen molar-refractivity contribution < 1.29 is 28.5 Å². The first-order valence-corrected chi connectivity index (χ1v) is 10.4. The molecule has 32 heavy (non-hydrogen) atoms. The highest BCUT2D eigenvalue weighted by molar-refractivity contribution is 6.18. The molecule has 2 aromatic rings. The van der Waals surface area contributed by atoms with Gasteiger partial charge in [-0.1, -0.05) is 30.7 Å². The number of hydrogen-bond donors (Lipinski definition) is 0. The second-order valence-electron chi connectivity index (χ2n) is 7.56. The number of hydrogen-bond acceptors (Lipinski definition) is 6. The van der Waals surface area contributed by atoms with Crippen LogP contribution >= 0.6 is 0 Å². The van der Waals surface area contributed by atoms with Gasteiger partial charge >= 0.3 is 0 Å². The van der Waals surface area contributed by atoms with E-state index in [4.69, 9.17) is 18.9 Å². The lowest BCUT2D eigenvalue weighted by Gasteiger charge is -2.37. The lowest BCUT2D eigenvalue weighted by atomic mass is 9.63. The van der Waals surface area contributed by atoms with Crippen molar-refractivity contribution in [2.45, 2.75) is 19.3 Å². The molecule has 0 radical (unpaired) electrons. The monoisotopic (exact) mass is 436 g/mol. The molecule has 0 unspecified atom stereocenters. The average Bonchev–Trinajstić information content (AvgIpc) is 2.80. The van der Waals surface area contributed by atoms with E-state index in [0.717, 1.165) is 17.5 Å². The van der Waals surface area contributed by atoms with Crippen molar-refractivity contribution in [1.82, 2.24) is 0 Å². The third kappa shape index (κ3) is 4.69. The van der Waals surface area contributed by atoms with Crippen molar-refractivity contribution in [3.8, 4) is 23.0 Å². The molecule has 0 heterocycles. The third-order valence-corrected chi connectivity index (χ3v) is 5.82. The van der Waals surface area contributed by atoms with Crippen LogP contribution in [0.25, 0.3) is 12.2 Å². The van der Waals surface area contributed by atoms with Gasteiger partial charge in [-0.25, -0.2) is 0 Å². The predicted molar refractivity (Wildman–Crippen MR) is 123 cm³/mol. The van der Waals surface area contributed by atoms with Crippen molar-refractivity contribution in [2.75, 3.05) is 28.4 Å². The number of carbonyl (C=O) groups is 2. The minimum absolute atomic E-state index is 0.180. The summed E-state index contributed by atoms with van der Waals surface area (Å²) in [6, 6.07) is 10.8. The van der Waals surface area contributed by atoms with E-state index in [1.54, 1.807) is 64.9 Å². The van der Waals surface area contributed by atoms with Crippen LogP contribution in [0, 0.1) is 5.41 Å². The highest BCUT2D eigenvalue weighted by Crippen LogP contribution is 2.44. The first-order chi connectivity index (χ1) is 15.5. The Labute approximate surface area is 188 Å².